The van der Waals surface area contributed by atoms with E-state index in [1.165, 1.54) is 36.4 Å². The number of carboxylic acids is 2. The van der Waals surface area contributed by atoms with Crippen LogP contribution in [0.25, 0.3) is 0 Å². The number of carbonyl (C=O) groups excluding carboxylic acids is 2. The predicted octanol–water partition coefficient (Wildman–Crippen LogP) is 5.31. The van der Waals surface area contributed by atoms with Crippen LogP contribution < -0.4 is 15.4 Å². The number of carboxylic acid groups (broad SMARTS) is 2. The molecule has 0 atom stereocenters. The molecule has 4 aromatic carbocycles. The highest BCUT2D eigenvalue weighted by Gasteiger charge is 2.21. The van der Waals surface area contributed by atoms with Crippen molar-refractivity contribution in [1.82, 2.24) is 0 Å². The summed E-state index contributed by atoms with van der Waals surface area (Å²) in [6, 6.07) is 16.5. The molecule has 216 valence electrons. The Kier molecular flexibility index (Phi) is 9.01. The standard InChI is InChI=1S/C36H20N2O7/c1-5-21-9-11-23(7-3)31(17-21)37-33(39)27-15-13-25(19-29(27)35(41)42)45-26-14-16-28(30(20-26)36(43)44)34(40)38-32-18-22(6-2)10-12-24(32)8-4/h1-4,9-20H,(H,37,39)(H,38,40)(H,41,42)(H,43,44). The van der Waals surface area contributed by atoms with Crippen molar-refractivity contribution in [3.05, 3.63) is 117 Å². The van der Waals surface area contributed by atoms with Gasteiger partial charge >= 0.3 is 11.9 Å². The van der Waals surface area contributed by atoms with Gasteiger partial charge in [-0.3, -0.25) is 9.59 Å². The molecule has 0 spiro atoms. The van der Waals surface area contributed by atoms with Gasteiger partial charge in [0.25, 0.3) is 11.8 Å². The highest BCUT2D eigenvalue weighted by Crippen LogP contribution is 2.28. The number of benzene rings is 4. The van der Waals surface area contributed by atoms with Gasteiger partial charge in [-0.2, -0.15) is 0 Å². The summed E-state index contributed by atoms with van der Waals surface area (Å²) in [6.45, 7) is 0. The van der Waals surface area contributed by atoms with Crippen molar-refractivity contribution in [2.75, 3.05) is 10.6 Å². The molecular weight excluding hydrogens is 572 g/mol. The third-order valence-corrected chi connectivity index (χ3v) is 6.35. The number of ether oxygens (including phenoxy) is 1. The lowest BCUT2D eigenvalue weighted by Gasteiger charge is -2.14. The van der Waals surface area contributed by atoms with Crippen molar-refractivity contribution < 1.29 is 34.1 Å². The molecule has 0 bridgehead atoms. The second-order valence-electron chi connectivity index (χ2n) is 9.13. The summed E-state index contributed by atoms with van der Waals surface area (Å²) in [5, 5.41) is 24.8. The van der Waals surface area contributed by atoms with Crippen LogP contribution in [-0.4, -0.2) is 34.0 Å². The fourth-order valence-corrected chi connectivity index (χ4v) is 4.17. The van der Waals surface area contributed by atoms with Gasteiger partial charge in [0, 0.05) is 22.3 Å². The Morgan fingerprint density at radius 1 is 0.533 bits per heavy atom. The van der Waals surface area contributed by atoms with Gasteiger partial charge in [-0.05, 0) is 72.8 Å². The van der Waals surface area contributed by atoms with Gasteiger partial charge < -0.3 is 25.6 Å². The number of hydrogen-bond acceptors (Lipinski definition) is 5. The number of nitrogens with one attached hydrogen (secondary N) is 2. The highest BCUT2D eigenvalue weighted by molar-refractivity contribution is 6.12. The molecule has 0 heterocycles. The summed E-state index contributed by atoms with van der Waals surface area (Å²) < 4.78 is 5.71. The van der Waals surface area contributed by atoms with Crippen molar-refractivity contribution in [3.63, 3.8) is 0 Å². The first-order valence-corrected chi connectivity index (χ1v) is 12.8. The summed E-state index contributed by atoms with van der Waals surface area (Å²) in [6.07, 6.45) is 21.9. The zero-order valence-corrected chi connectivity index (χ0v) is 23.2. The predicted molar refractivity (Wildman–Crippen MR) is 167 cm³/mol. The molecule has 4 N–H and O–H groups in total. The van der Waals surface area contributed by atoms with Gasteiger partial charge in [-0.1, -0.05) is 23.7 Å². The molecule has 0 saturated carbocycles. The van der Waals surface area contributed by atoms with Gasteiger partial charge in [0.15, 0.2) is 0 Å². The molecule has 0 saturated heterocycles. The first kappa shape index (κ1) is 30.8. The summed E-state index contributed by atoms with van der Waals surface area (Å²) in [5.41, 5.74) is 0.786. The Hall–Kier alpha value is -7.20. The molecule has 0 aromatic heterocycles. The second-order valence-corrected chi connectivity index (χ2v) is 9.13. The average Bonchev–Trinajstić information content (AvgIpc) is 3.04. The van der Waals surface area contributed by atoms with E-state index in [0.29, 0.717) is 22.3 Å². The van der Waals surface area contributed by atoms with Gasteiger partial charge in [0.05, 0.1) is 33.6 Å². The lowest BCUT2D eigenvalue weighted by Crippen LogP contribution is -2.17. The van der Waals surface area contributed by atoms with E-state index in [1.807, 2.05) is 0 Å². The van der Waals surface area contributed by atoms with Crippen molar-refractivity contribution in [3.8, 4) is 60.9 Å². The van der Waals surface area contributed by atoms with Gasteiger partial charge in [0.1, 0.15) is 11.5 Å². The number of anilines is 2. The second kappa shape index (κ2) is 13.2. The fraction of sp³-hybridized carbons (Fsp3) is 0. The summed E-state index contributed by atoms with van der Waals surface area (Å²) in [4.78, 5) is 50.2. The van der Waals surface area contributed by atoms with E-state index in [4.69, 9.17) is 30.4 Å². The lowest BCUT2D eigenvalue weighted by atomic mass is 10.0. The Balaban J connectivity index is 1.61. The van der Waals surface area contributed by atoms with Crippen LogP contribution in [0.1, 0.15) is 63.7 Å². The third kappa shape index (κ3) is 6.83. The van der Waals surface area contributed by atoms with Gasteiger partial charge in [-0.25, -0.2) is 9.59 Å². The Morgan fingerprint density at radius 3 is 1.27 bits per heavy atom. The van der Waals surface area contributed by atoms with Crippen molar-refractivity contribution in [2.45, 2.75) is 0 Å². The van der Waals surface area contributed by atoms with Crippen LogP contribution in [0.5, 0.6) is 11.5 Å². The largest absolute Gasteiger partial charge is 0.478 e. The van der Waals surface area contributed by atoms with E-state index in [-0.39, 0.29) is 34.0 Å². The third-order valence-electron chi connectivity index (χ3n) is 6.35. The number of terminal acetylenes is 4. The maximum Gasteiger partial charge on any atom is 0.336 e. The molecule has 0 fully saturated rings. The van der Waals surface area contributed by atoms with Crippen molar-refractivity contribution in [1.29, 1.82) is 0 Å². The Morgan fingerprint density at radius 2 is 0.933 bits per heavy atom. The molecule has 0 aliphatic heterocycles. The van der Waals surface area contributed by atoms with Crippen LogP contribution in [0.2, 0.25) is 0 Å². The zero-order chi connectivity index (χ0) is 32.7. The van der Waals surface area contributed by atoms with Crippen LogP contribution in [0.15, 0.2) is 72.8 Å². The lowest BCUT2D eigenvalue weighted by molar-refractivity contribution is 0.0683. The number of carbonyl (C=O) groups is 4. The van der Waals surface area contributed by atoms with Gasteiger partial charge in [-0.15, -0.1) is 25.7 Å². The minimum Gasteiger partial charge on any atom is -0.478 e. The topological polar surface area (TPSA) is 142 Å². The number of rotatable bonds is 8. The Labute approximate surface area is 257 Å². The molecule has 9 heteroatoms. The van der Waals surface area contributed by atoms with E-state index < -0.39 is 34.9 Å². The highest BCUT2D eigenvalue weighted by atomic mass is 16.5. The molecule has 2 amide bonds. The quantitative estimate of drug-likeness (QED) is 0.203. The van der Waals surface area contributed by atoms with Crippen LogP contribution in [0.4, 0.5) is 11.4 Å². The first-order valence-electron chi connectivity index (χ1n) is 12.8. The van der Waals surface area contributed by atoms with E-state index in [0.717, 1.165) is 12.1 Å². The van der Waals surface area contributed by atoms with E-state index in [1.54, 1.807) is 24.3 Å². The molecular formula is C36H20N2O7. The summed E-state index contributed by atoms with van der Waals surface area (Å²) >= 11 is 0. The van der Waals surface area contributed by atoms with E-state index in [9.17, 15) is 29.4 Å². The molecule has 45 heavy (non-hydrogen) atoms. The SMILES string of the molecule is C#Cc1ccc(C#C)c(NC(=O)c2ccc(Oc3ccc(C(=O)Nc4cc(C#C)ccc4C#C)c(C(=O)O)c3)cc2C(=O)O)c1. The minimum atomic E-state index is -1.43. The molecule has 0 aliphatic carbocycles. The Bertz CT molecular complexity index is 1930. The van der Waals surface area contributed by atoms with E-state index >= 15 is 0 Å². The summed E-state index contributed by atoms with van der Waals surface area (Å²) in [7, 11) is 0. The first-order chi connectivity index (χ1) is 21.6. The zero-order valence-electron chi connectivity index (χ0n) is 23.2. The van der Waals surface area contributed by atoms with Gasteiger partial charge in [0.2, 0.25) is 0 Å². The molecule has 0 aliphatic rings. The van der Waals surface area contributed by atoms with Crippen LogP contribution in [-0.2, 0) is 0 Å². The number of amides is 2. The molecule has 0 radical (unpaired) electrons. The van der Waals surface area contributed by atoms with E-state index in [2.05, 4.69) is 34.3 Å². The molecule has 0 unspecified atom stereocenters. The molecule has 4 rings (SSSR count). The maximum atomic E-state index is 13.0. The molecule has 9 nitrogen and oxygen atoms in total. The monoisotopic (exact) mass is 592 g/mol. The van der Waals surface area contributed by atoms with Crippen molar-refractivity contribution in [2.24, 2.45) is 0 Å². The van der Waals surface area contributed by atoms with Crippen molar-refractivity contribution >= 4 is 35.1 Å². The number of hydrogen-bond donors (Lipinski definition) is 4. The smallest absolute Gasteiger partial charge is 0.336 e. The summed E-state index contributed by atoms with van der Waals surface area (Å²) in [5.74, 6) is 5.24. The number of aromatic carboxylic acids is 2. The average molecular weight is 593 g/mol. The molecule has 4 aromatic rings. The van der Waals surface area contributed by atoms with Crippen LogP contribution >= 0.6 is 0 Å². The normalized spacial score (nSPS) is 9.78. The fourth-order valence-electron chi connectivity index (χ4n) is 4.17. The maximum absolute atomic E-state index is 13.0. The minimum absolute atomic E-state index is 0.0269. The van der Waals surface area contributed by atoms with Crippen LogP contribution in [0, 0.1) is 49.4 Å². The van der Waals surface area contributed by atoms with Crippen LogP contribution in [0.3, 0.4) is 0 Å².